The molecular weight excluding hydrogens is 678 g/mol. The Morgan fingerprint density at radius 1 is 1.10 bits per heavy atom. The van der Waals surface area contributed by atoms with Gasteiger partial charge in [0, 0.05) is 13.0 Å². The Labute approximate surface area is 299 Å². The maximum absolute atomic E-state index is 14.4. The fourth-order valence-electron chi connectivity index (χ4n) is 7.33. The van der Waals surface area contributed by atoms with E-state index in [0.29, 0.717) is 38.8 Å². The molecule has 2 aliphatic carbocycles. The van der Waals surface area contributed by atoms with Crippen LogP contribution < -0.4 is 15.4 Å². The molecule has 4 bridgehead atoms. The number of alkyl carbamates (subject to hydrolysis) is 1. The van der Waals surface area contributed by atoms with Crippen molar-refractivity contribution in [1.82, 2.24) is 25.2 Å². The number of nitrogens with one attached hydrogen (secondary N) is 3. The van der Waals surface area contributed by atoms with Crippen molar-refractivity contribution in [3.05, 3.63) is 41.0 Å². The van der Waals surface area contributed by atoms with Crippen LogP contribution in [0.3, 0.4) is 0 Å². The van der Waals surface area contributed by atoms with Gasteiger partial charge < -0.3 is 25.0 Å². The summed E-state index contributed by atoms with van der Waals surface area (Å²) in [6.07, 6.45) is 5.65. The van der Waals surface area contributed by atoms with Crippen molar-refractivity contribution in [3.8, 4) is 0 Å². The predicted octanol–water partition coefficient (Wildman–Crippen LogP) is 3.34. The van der Waals surface area contributed by atoms with Gasteiger partial charge in [-0.25, -0.2) is 18.0 Å². The molecule has 0 spiro atoms. The number of fused-ring (bicyclic) bond motifs is 3. The second kappa shape index (κ2) is 14.1. The highest BCUT2D eigenvalue weighted by molar-refractivity contribution is 7.91. The van der Waals surface area contributed by atoms with Gasteiger partial charge in [-0.05, 0) is 66.5 Å². The lowest BCUT2D eigenvalue weighted by atomic mass is 9.85. The lowest BCUT2D eigenvalue weighted by molar-refractivity contribution is -0.143. The molecule has 0 aromatic heterocycles. The highest BCUT2D eigenvalue weighted by Crippen LogP contribution is 2.47. The molecule has 14 nitrogen and oxygen atoms in total. The summed E-state index contributed by atoms with van der Waals surface area (Å²) >= 11 is 0. The van der Waals surface area contributed by atoms with Gasteiger partial charge in [0.05, 0.1) is 24.9 Å². The molecule has 3 heterocycles. The van der Waals surface area contributed by atoms with Crippen molar-refractivity contribution in [3.63, 3.8) is 0 Å². The van der Waals surface area contributed by atoms with Crippen molar-refractivity contribution in [1.29, 1.82) is 0 Å². The first-order valence-electron chi connectivity index (χ1n) is 18.0. The Bertz CT molecular complexity index is 1720. The van der Waals surface area contributed by atoms with E-state index in [1.165, 1.54) is 4.90 Å². The molecule has 0 unspecified atom stereocenters. The number of sulfonamides is 1. The monoisotopic (exact) mass is 727 g/mol. The van der Waals surface area contributed by atoms with Crippen molar-refractivity contribution >= 4 is 46.0 Å². The molecule has 15 heteroatoms. The molecule has 3 N–H and O–H groups in total. The number of benzene rings is 1. The van der Waals surface area contributed by atoms with Gasteiger partial charge in [-0.3, -0.25) is 24.0 Å². The Morgan fingerprint density at radius 2 is 1.86 bits per heavy atom. The van der Waals surface area contributed by atoms with Crippen LogP contribution in [-0.4, -0.2) is 90.3 Å². The van der Waals surface area contributed by atoms with E-state index in [1.54, 1.807) is 25.7 Å². The number of rotatable bonds is 6. The number of hydrogen-bond donors (Lipinski definition) is 3. The summed E-state index contributed by atoms with van der Waals surface area (Å²) in [4.78, 5) is 71.4. The van der Waals surface area contributed by atoms with Crippen LogP contribution in [0, 0.1) is 11.3 Å². The minimum absolute atomic E-state index is 0.0612. The molecule has 5 aliphatic rings. The third-order valence-corrected chi connectivity index (χ3v) is 12.4. The number of carbonyl (C=O) groups is 5. The van der Waals surface area contributed by atoms with E-state index < -0.39 is 74.3 Å². The normalized spacial score (nSPS) is 29.4. The standard InChI is InChI=1S/C36H49N5O9S/c1-5-24-18-36(24,32(44)39-51(47,48)26-14-15-26)38-30(42)28-17-25-20-41(28)31(43)29(35(2,3)4)37-33(45)49-16-9-7-6-8-11-22-12-10-13-23-19-40(21-27(22)23)34(46)50-25/h8,10-13,24-26,28-29H,5-7,9,14-21H2,1-4H3,(H,37,45)(H,38,42)(H,39,44)/b11-8+/t24-,25-,28+,29-,36-/m1/s1. The number of amides is 5. The first-order valence-corrected chi connectivity index (χ1v) is 19.5. The lowest BCUT2D eigenvalue weighted by Gasteiger charge is -2.35. The van der Waals surface area contributed by atoms with Crippen molar-refractivity contribution in [2.24, 2.45) is 11.3 Å². The molecule has 3 fully saturated rings. The predicted molar refractivity (Wildman–Crippen MR) is 186 cm³/mol. The Morgan fingerprint density at radius 3 is 2.55 bits per heavy atom. The first-order chi connectivity index (χ1) is 24.1. The van der Waals surface area contributed by atoms with Crippen LogP contribution in [0.15, 0.2) is 24.3 Å². The summed E-state index contributed by atoms with van der Waals surface area (Å²) in [5.74, 6) is -2.34. The lowest BCUT2D eigenvalue weighted by Crippen LogP contribution is -2.60. The highest BCUT2D eigenvalue weighted by atomic mass is 32.2. The number of cyclic esters (lactones) is 1. The zero-order valence-electron chi connectivity index (χ0n) is 29.7. The Hall–Kier alpha value is -4.14. The van der Waals surface area contributed by atoms with Crippen molar-refractivity contribution in [2.75, 3.05) is 13.2 Å². The van der Waals surface area contributed by atoms with E-state index in [9.17, 15) is 32.4 Å². The van der Waals surface area contributed by atoms with Gasteiger partial charge >= 0.3 is 12.2 Å². The zero-order chi connectivity index (χ0) is 36.7. The molecule has 1 aromatic carbocycles. The highest BCUT2D eigenvalue weighted by Gasteiger charge is 2.62. The van der Waals surface area contributed by atoms with E-state index in [1.807, 2.05) is 31.2 Å². The van der Waals surface area contributed by atoms with E-state index >= 15 is 0 Å². The summed E-state index contributed by atoms with van der Waals surface area (Å²) in [6, 6.07) is 3.63. The van der Waals surface area contributed by atoms with Crippen LogP contribution in [0.4, 0.5) is 9.59 Å². The van der Waals surface area contributed by atoms with Crippen LogP contribution in [-0.2, 0) is 47.0 Å². The van der Waals surface area contributed by atoms with Gasteiger partial charge in [-0.2, -0.15) is 0 Å². The number of hydrogen-bond acceptors (Lipinski definition) is 9. The molecule has 5 amide bonds. The molecule has 278 valence electrons. The number of carbonyl (C=O) groups excluding carboxylic acids is 5. The largest absolute Gasteiger partial charge is 0.450 e. The average Bonchev–Trinajstić information content (AvgIpc) is 3.96. The first kappa shape index (κ1) is 36.6. The average molecular weight is 728 g/mol. The van der Waals surface area contributed by atoms with Crippen LogP contribution in [0.2, 0.25) is 0 Å². The molecule has 0 radical (unpaired) electrons. The molecule has 1 aromatic rings. The third kappa shape index (κ3) is 7.87. The molecule has 1 saturated heterocycles. The molecule has 3 aliphatic heterocycles. The fraction of sp³-hybridized carbons (Fsp3) is 0.639. The molecule has 5 atom stereocenters. The SMILES string of the molecule is CC[C@@H]1C[C@]1(NC(=O)[C@@H]1C[C@@H]2CN1C(=O)[C@H](C(C)(C)C)NC(=O)OCCCC/C=C/c1cccc3c1CN(C3)C(=O)O2)C(=O)NS(=O)(=O)C1CC1. The Balaban J connectivity index is 1.27. The summed E-state index contributed by atoms with van der Waals surface area (Å²) in [7, 11) is -3.87. The summed E-state index contributed by atoms with van der Waals surface area (Å²) < 4.78 is 38.9. The summed E-state index contributed by atoms with van der Waals surface area (Å²) in [6.45, 7) is 7.90. The fourth-order valence-corrected chi connectivity index (χ4v) is 8.70. The van der Waals surface area contributed by atoms with Crippen LogP contribution in [0.5, 0.6) is 0 Å². The van der Waals surface area contributed by atoms with Gasteiger partial charge in [0.15, 0.2) is 0 Å². The minimum Gasteiger partial charge on any atom is -0.450 e. The smallest absolute Gasteiger partial charge is 0.410 e. The van der Waals surface area contributed by atoms with E-state index in [2.05, 4.69) is 21.4 Å². The van der Waals surface area contributed by atoms with Gasteiger partial charge in [-0.15, -0.1) is 0 Å². The van der Waals surface area contributed by atoms with E-state index in [4.69, 9.17) is 9.47 Å². The van der Waals surface area contributed by atoms with Crippen LogP contribution >= 0.6 is 0 Å². The summed E-state index contributed by atoms with van der Waals surface area (Å²) in [5, 5.41) is 4.88. The molecular formula is C36H49N5O9S. The van der Waals surface area contributed by atoms with E-state index in [0.717, 1.165) is 29.5 Å². The van der Waals surface area contributed by atoms with Gasteiger partial charge in [-0.1, -0.05) is 64.5 Å². The van der Waals surface area contributed by atoms with Crippen molar-refractivity contribution in [2.45, 2.75) is 121 Å². The van der Waals surface area contributed by atoms with Crippen LogP contribution in [0.1, 0.15) is 95.8 Å². The van der Waals surface area contributed by atoms with Gasteiger partial charge in [0.1, 0.15) is 23.7 Å². The molecule has 6 rings (SSSR count). The topological polar surface area (TPSA) is 181 Å². The van der Waals surface area contributed by atoms with Gasteiger partial charge in [0.2, 0.25) is 21.8 Å². The van der Waals surface area contributed by atoms with E-state index in [-0.39, 0.29) is 31.9 Å². The van der Waals surface area contributed by atoms with Gasteiger partial charge in [0.25, 0.3) is 5.91 Å². The third-order valence-electron chi connectivity index (χ3n) is 10.6. The second-order valence-corrected chi connectivity index (χ2v) is 17.5. The second-order valence-electron chi connectivity index (χ2n) is 15.5. The minimum atomic E-state index is -3.87. The maximum Gasteiger partial charge on any atom is 0.410 e. The zero-order valence-corrected chi connectivity index (χ0v) is 30.6. The van der Waals surface area contributed by atoms with Crippen molar-refractivity contribution < 1.29 is 41.9 Å². The Kier molecular flexibility index (Phi) is 10.1. The summed E-state index contributed by atoms with van der Waals surface area (Å²) in [5.41, 5.74) is 0.766. The number of nitrogens with zero attached hydrogens (tertiary/aromatic N) is 2. The number of allylic oxidation sites excluding steroid dienone is 1. The molecule has 51 heavy (non-hydrogen) atoms. The molecule has 2 saturated carbocycles. The number of ether oxygens (including phenoxy) is 2. The maximum atomic E-state index is 14.4. The van der Waals surface area contributed by atoms with Crippen LogP contribution in [0.25, 0.3) is 6.08 Å². The quantitative estimate of drug-likeness (QED) is 0.396.